The lowest BCUT2D eigenvalue weighted by Crippen LogP contribution is -2.43. The monoisotopic (exact) mass is 264 g/mol. The van der Waals surface area contributed by atoms with Gasteiger partial charge in [-0.3, -0.25) is 0 Å². The van der Waals surface area contributed by atoms with Crippen LogP contribution >= 0.6 is 0 Å². The van der Waals surface area contributed by atoms with E-state index in [1.165, 1.54) is 0 Å². The highest BCUT2D eigenvalue weighted by molar-refractivity contribution is 5.91. The summed E-state index contributed by atoms with van der Waals surface area (Å²) < 4.78 is 10.9. The van der Waals surface area contributed by atoms with Crippen LogP contribution in [0.15, 0.2) is 18.3 Å². The maximum absolute atomic E-state index is 11.8. The van der Waals surface area contributed by atoms with Crippen molar-refractivity contribution in [3.05, 3.63) is 23.9 Å². The van der Waals surface area contributed by atoms with E-state index in [4.69, 9.17) is 9.47 Å². The van der Waals surface area contributed by atoms with Crippen LogP contribution in [-0.2, 0) is 4.74 Å². The van der Waals surface area contributed by atoms with Gasteiger partial charge in [0.15, 0.2) is 0 Å². The van der Waals surface area contributed by atoms with Gasteiger partial charge in [0, 0.05) is 12.7 Å². The molecule has 5 heteroatoms. The molecule has 2 unspecified atom stereocenters. The van der Waals surface area contributed by atoms with Crippen LogP contribution in [0.2, 0.25) is 0 Å². The first-order valence-electron chi connectivity index (χ1n) is 6.72. The normalized spacial score (nSPS) is 22.8. The SMILES string of the molecule is CCOC(=O)c1cccnc1OC1CNCCC1C. The lowest BCUT2D eigenvalue weighted by molar-refractivity contribution is 0.0508. The number of esters is 1. The van der Waals surface area contributed by atoms with E-state index in [0.717, 1.165) is 19.5 Å². The second-order valence-corrected chi connectivity index (χ2v) is 4.70. The van der Waals surface area contributed by atoms with Gasteiger partial charge < -0.3 is 14.8 Å². The van der Waals surface area contributed by atoms with Crippen molar-refractivity contribution in [2.24, 2.45) is 5.92 Å². The first kappa shape index (κ1) is 13.8. The fourth-order valence-electron chi connectivity index (χ4n) is 2.11. The predicted molar refractivity (Wildman–Crippen MR) is 71.3 cm³/mol. The predicted octanol–water partition coefficient (Wildman–Crippen LogP) is 1.64. The van der Waals surface area contributed by atoms with Crippen LogP contribution in [0.1, 0.15) is 30.6 Å². The number of ether oxygens (including phenoxy) is 2. The molecule has 0 radical (unpaired) electrons. The highest BCUT2D eigenvalue weighted by Gasteiger charge is 2.25. The maximum atomic E-state index is 11.8. The van der Waals surface area contributed by atoms with Gasteiger partial charge in [-0.25, -0.2) is 9.78 Å². The molecular formula is C14H20N2O3. The summed E-state index contributed by atoms with van der Waals surface area (Å²) >= 11 is 0. The third-order valence-electron chi connectivity index (χ3n) is 3.29. The zero-order valence-corrected chi connectivity index (χ0v) is 11.4. The molecular weight excluding hydrogens is 244 g/mol. The summed E-state index contributed by atoms with van der Waals surface area (Å²) in [6.45, 7) is 6.06. The van der Waals surface area contributed by atoms with E-state index in [-0.39, 0.29) is 12.1 Å². The van der Waals surface area contributed by atoms with E-state index in [1.807, 2.05) is 0 Å². The molecule has 0 amide bonds. The number of carbonyl (C=O) groups is 1. The molecule has 0 aromatic carbocycles. The Bertz CT molecular complexity index is 436. The van der Waals surface area contributed by atoms with E-state index in [2.05, 4.69) is 17.2 Å². The van der Waals surface area contributed by atoms with Crippen molar-refractivity contribution in [2.45, 2.75) is 26.4 Å². The second kappa shape index (κ2) is 6.52. The van der Waals surface area contributed by atoms with Crippen molar-refractivity contribution >= 4 is 5.97 Å². The molecule has 1 aromatic rings. The molecule has 1 fully saturated rings. The van der Waals surface area contributed by atoms with Crippen molar-refractivity contribution in [3.8, 4) is 5.88 Å². The average Bonchev–Trinajstić information content (AvgIpc) is 2.42. The topological polar surface area (TPSA) is 60.5 Å². The van der Waals surface area contributed by atoms with E-state index >= 15 is 0 Å². The molecule has 2 heterocycles. The van der Waals surface area contributed by atoms with Crippen LogP contribution in [-0.4, -0.2) is 36.8 Å². The van der Waals surface area contributed by atoms with E-state index in [9.17, 15) is 4.79 Å². The molecule has 1 saturated heterocycles. The molecule has 0 bridgehead atoms. The van der Waals surface area contributed by atoms with Gasteiger partial charge in [-0.1, -0.05) is 6.92 Å². The Morgan fingerprint density at radius 2 is 2.42 bits per heavy atom. The first-order valence-corrected chi connectivity index (χ1v) is 6.72. The summed E-state index contributed by atoms with van der Waals surface area (Å²) in [6, 6.07) is 3.39. The van der Waals surface area contributed by atoms with Crippen LogP contribution in [0.5, 0.6) is 5.88 Å². The zero-order chi connectivity index (χ0) is 13.7. The molecule has 0 spiro atoms. The smallest absolute Gasteiger partial charge is 0.343 e. The fraction of sp³-hybridized carbons (Fsp3) is 0.571. The van der Waals surface area contributed by atoms with Gasteiger partial charge in [-0.05, 0) is 37.9 Å². The van der Waals surface area contributed by atoms with Crippen LogP contribution in [0.4, 0.5) is 0 Å². The Hall–Kier alpha value is -1.62. The molecule has 1 aromatic heterocycles. The summed E-state index contributed by atoms with van der Waals surface area (Å²) in [5.74, 6) is 0.418. The van der Waals surface area contributed by atoms with Crippen molar-refractivity contribution < 1.29 is 14.3 Å². The molecule has 2 rings (SSSR count). The largest absolute Gasteiger partial charge is 0.472 e. The van der Waals surface area contributed by atoms with Crippen molar-refractivity contribution in [1.29, 1.82) is 0 Å². The zero-order valence-electron chi connectivity index (χ0n) is 11.4. The number of hydrogen-bond acceptors (Lipinski definition) is 5. The Kier molecular flexibility index (Phi) is 4.74. The number of nitrogens with one attached hydrogen (secondary N) is 1. The van der Waals surface area contributed by atoms with Crippen molar-refractivity contribution in [1.82, 2.24) is 10.3 Å². The lowest BCUT2D eigenvalue weighted by atomic mass is 9.97. The maximum Gasteiger partial charge on any atom is 0.343 e. The molecule has 2 atom stereocenters. The van der Waals surface area contributed by atoms with E-state index in [0.29, 0.717) is 24.0 Å². The Morgan fingerprint density at radius 3 is 3.16 bits per heavy atom. The van der Waals surface area contributed by atoms with E-state index < -0.39 is 0 Å². The Labute approximate surface area is 113 Å². The third kappa shape index (κ3) is 3.44. The third-order valence-corrected chi connectivity index (χ3v) is 3.29. The first-order chi connectivity index (χ1) is 9.22. The molecule has 19 heavy (non-hydrogen) atoms. The van der Waals surface area contributed by atoms with Gasteiger partial charge in [0.05, 0.1) is 6.61 Å². The lowest BCUT2D eigenvalue weighted by Gasteiger charge is -2.29. The minimum atomic E-state index is -0.387. The highest BCUT2D eigenvalue weighted by atomic mass is 16.5. The Morgan fingerprint density at radius 1 is 1.58 bits per heavy atom. The van der Waals surface area contributed by atoms with Crippen molar-refractivity contribution in [2.75, 3.05) is 19.7 Å². The summed E-state index contributed by atoms with van der Waals surface area (Å²) in [7, 11) is 0. The molecule has 1 aliphatic rings. The second-order valence-electron chi connectivity index (χ2n) is 4.70. The summed E-state index contributed by atoms with van der Waals surface area (Å²) in [4.78, 5) is 16.0. The molecule has 0 saturated carbocycles. The summed E-state index contributed by atoms with van der Waals surface area (Å²) in [5.41, 5.74) is 0.391. The van der Waals surface area contributed by atoms with Gasteiger partial charge in [0.1, 0.15) is 11.7 Å². The summed E-state index contributed by atoms with van der Waals surface area (Å²) in [5, 5.41) is 3.29. The number of pyridine rings is 1. The Balaban J connectivity index is 2.13. The van der Waals surface area contributed by atoms with Gasteiger partial charge in [0.2, 0.25) is 5.88 Å². The number of hydrogen-bond donors (Lipinski definition) is 1. The van der Waals surface area contributed by atoms with Crippen LogP contribution in [0, 0.1) is 5.92 Å². The molecule has 1 aliphatic heterocycles. The number of aromatic nitrogens is 1. The number of nitrogens with zero attached hydrogens (tertiary/aromatic N) is 1. The number of carbonyl (C=O) groups excluding carboxylic acids is 1. The molecule has 0 aliphatic carbocycles. The van der Waals surface area contributed by atoms with Gasteiger partial charge in [-0.15, -0.1) is 0 Å². The molecule has 1 N–H and O–H groups in total. The van der Waals surface area contributed by atoms with Gasteiger partial charge in [-0.2, -0.15) is 0 Å². The number of rotatable bonds is 4. The number of piperidine rings is 1. The van der Waals surface area contributed by atoms with Crippen molar-refractivity contribution in [3.63, 3.8) is 0 Å². The average molecular weight is 264 g/mol. The van der Waals surface area contributed by atoms with Gasteiger partial charge >= 0.3 is 5.97 Å². The summed E-state index contributed by atoms with van der Waals surface area (Å²) in [6.07, 6.45) is 2.72. The van der Waals surface area contributed by atoms with Crippen LogP contribution < -0.4 is 10.1 Å². The fourth-order valence-corrected chi connectivity index (χ4v) is 2.11. The van der Waals surface area contributed by atoms with Crippen LogP contribution in [0.25, 0.3) is 0 Å². The molecule has 5 nitrogen and oxygen atoms in total. The minimum Gasteiger partial charge on any atom is -0.472 e. The minimum absolute atomic E-state index is 0.0387. The van der Waals surface area contributed by atoms with Crippen LogP contribution in [0.3, 0.4) is 0 Å². The standard InChI is InChI=1S/C14H20N2O3/c1-3-18-14(17)11-5-4-7-16-13(11)19-12-9-15-8-6-10(12)2/h4-5,7,10,12,15H,3,6,8-9H2,1-2H3. The van der Waals surface area contributed by atoms with E-state index in [1.54, 1.807) is 25.3 Å². The quantitative estimate of drug-likeness (QED) is 0.838. The van der Waals surface area contributed by atoms with Gasteiger partial charge in [0.25, 0.3) is 0 Å². The molecule has 104 valence electrons. The highest BCUT2D eigenvalue weighted by Crippen LogP contribution is 2.21.